The van der Waals surface area contributed by atoms with Crippen LogP contribution in [0.15, 0.2) is 48.5 Å². The number of nitrogens with zero attached hydrogens (tertiary/aromatic N) is 1. The van der Waals surface area contributed by atoms with Gasteiger partial charge in [-0.2, -0.15) is 0 Å². The van der Waals surface area contributed by atoms with Crippen molar-refractivity contribution >= 4 is 16.9 Å². The zero-order valence-electron chi connectivity index (χ0n) is 11.8. The van der Waals surface area contributed by atoms with Gasteiger partial charge in [0.15, 0.2) is 5.69 Å². The van der Waals surface area contributed by atoms with Crippen LogP contribution in [0.1, 0.15) is 10.5 Å². The van der Waals surface area contributed by atoms with Gasteiger partial charge in [-0.15, -0.1) is 0 Å². The van der Waals surface area contributed by atoms with Crippen molar-refractivity contribution in [1.82, 2.24) is 4.98 Å². The summed E-state index contributed by atoms with van der Waals surface area (Å²) in [6.07, 6.45) is 0. The van der Waals surface area contributed by atoms with Gasteiger partial charge < -0.3 is 14.9 Å². The molecule has 22 heavy (non-hydrogen) atoms. The summed E-state index contributed by atoms with van der Waals surface area (Å²) in [7, 11) is 1.61. The average molecular weight is 295 g/mol. The van der Waals surface area contributed by atoms with Crippen molar-refractivity contribution in [2.24, 2.45) is 0 Å². The number of carboxylic acids is 1. The zero-order valence-corrected chi connectivity index (χ0v) is 11.8. The highest BCUT2D eigenvalue weighted by Crippen LogP contribution is 2.28. The summed E-state index contributed by atoms with van der Waals surface area (Å²) in [6.45, 7) is 0. The summed E-state index contributed by atoms with van der Waals surface area (Å²) in [4.78, 5) is 14.9. The standard InChI is InChI=1S/C17H13NO4/c1-22-13-5-2-10(3-6-13)11-4-7-14-12(8-11)9-15(19)16(18-14)17(20)21/h2-9,19H,1H3,(H,20,21). The molecule has 0 fully saturated rings. The summed E-state index contributed by atoms with van der Waals surface area (Å²) >= 11 is 0. The normalized spacial score (nSPS) is 10.6. The second kappa shape index (κ2) is 5.37. The van der Waals surface area contributed by atoms with Crippen LogP contribution >= 0.6 is 0 Å². The lowest BCUT2D eigenvalue weighted by Crippen LogP contribution is -2.00. The first-order valence-electron chi connectivity index (χ1n) is 6.60. The molecule has 110 valence electrons. The lowest BCUT2D eigenvalue weighted by Gasteiger charge is -2.07. The first-order chi connectivity index (χ1) is 10.6. The number of hydrogen-bond donors (Lipinski definition) is 2. The van der Waals surface area contributed by atoms with Gasteiger partial charge in [-0.25, -0.2) is 9.78 Å². The molecule has 2 aromatic carbocycles. The van der Waals surface area contributed by atoms with Gasteiger partial charge in [0.25, 0.3) is 0 Å². The average Bonchev–Trinajstić information content (AvgIpc) is 2.53. The third-order valence-corrected chi connectivity index (χ3v) is 3.42. The Labute approximate surface area is 126 Å². The number of benzene rings is 2. The Hall–Kier alpha value is -3.08. The monoisotopic (exact) mass is 295 g/mol. The van der Waals surface area contributed by atoms with Crippen molar-refractivity contribution in [2.75, 3.05) is 7.11 Å². The molecule has 2 N–H and O–H groups in total. The van der Waals surface area contributed by atoms with E-state index in [4.69, 9.17) is 9.84 Å². The number of methoxy groups -OCH3 is 1. The van der Waals surface area contributed by atoms with E-state index in [-0.39, 0.29) is 11.4 Å². The second-order valence-corrected chi connectivity index (χ2v) is 4.80. The van der Waals surface area contributed by atoms with E-state index < -0.39 is 5.97 Å². The highest BCUT2D eigenvalue weighted by Gasteiger charge is 2.13. The number of aromatic hydroxyl groups is 1. The van der Waals surface area contributed by atoms with E-state index in [1.807, 2.05) is 36.4 Å². The lowest BCUT2D eigenvalue weighted by molar-refractivity contribution is 0.0687. The first kappa shape index (κ1) is 13.9. The van der Waals surface area contributed by atoms with E-state index >= 15 is 0 Å². The molecule has 1 heterocycles. The molecule has 0 bridgehead atoms. The molecule has 0 aliphatic heterocycles. The number of fused-ring (bicyclic) bond motifs is 1. The Morgan fingerprint density at radius 3 is 2.36 bits per heavy atom. The molecule has 0 aliphatic carbocycles. The van der Waals surface area contributed by atoms with Crippen molar-refractivity contribution in [3.8, 4) is 22.6 Å². The van der Waals surface area contributed by atoms with Crippen molar-refractivity contribution < 1.29 is 19.7 Å². The molecule has 5 nitrogen and oxygen atoms in total. The van der Waals surface area contributed by atoms with Crippen LogP contribution in [0.25, 0.3) is 22.0 Å². The highest BCUT2D eigenvalue weighted by atomic mass is 16.5. The minimum Gasteiger partial charge on any atom is -0.505 e. The van der Waals surface area contributed by atoms with Gasteiger partial charge in [-0.1, -0.05) is 18.2 Å². The summed E-state index contributed by atoms with van der Waals surface area (Å²) in [5.41, 5.74) is 2.11. The molecule has 3 rings (SSSR count). The fraction of sp³-hybridized carbons (Fsp3) is 0.0588. The molecule has 0 saturated carbocycles. The Morgan fingerprint density at radius 2 is 1.73 bits per heavy atom. The van der Waals surface area contributed by atoms with Crippen molar-refractivity contribution in [1.29, 1.82) is 0 Å². The summed E-state index contributed by atoms with van der Waals surface area (Å²) in [5.74, 6) is -0.819. The second-order valence-electron chi connectivity index (χ2n) is 4.80. The topological polar surface area (TPSA) is 79.7 Å². The number of hydrogen-bond acceptors (Lipinski definition) is 4. The van der Waals surface area contributed by atoms with Gasteiger partial charge in [0.1, 0.15) is 11.5 Å². The van der Waals surface area contributed by atoms with Crippen LogP contribution in [-0.4, -0.2) is 28.3 Å². The van der Waals surface area contributed by atoms with Crippen LogP contribution in [0.4, 0.5) is 0 Å². The van der Waals surface area contributed by atoms with E-state index in [0.717, 1.165) is 16.9 Å². The third-order valence-electron chi connectivity index (χ3n) is 3.42. The molecule has 0 aliphatic rings. The third kappa shape index (κ3) is 2.44. The van der Waals surface area contributed by atoms with E-state index in [1.54, 1.807) is 13.2 Å². The van der Waals surface area contributed by atoms with Gasteiger partial charge in [0.2, 0.25) is 0 Å². The Bertz CT molecular complexity index is 856. The number of rotatable bonds is 3. The molecular formula is C17H13NO4. The van der Waals surface area contributed by atoms with Crippen molar-refractivity contribution in [3.05, 3.63) is 54.2 Å². The predicted molar refractivity (Wildman–Crippen MR) is 82.4 cm³/mol. The Kier molecular flexibility index (Phi) is 3.39. The molecular weight excluding hydrogens is 282 g/mol. The van der Waals surface area contributed by atoms with E-state index in [9.17, 15) is 9.90 Å². The van der Waals surface area contributed by atoms with Gasteiger partial charge in [-0.3, -0.25) is 0 Å². The quantitative estimate of drug-likeness (QED) is 0.775. The molecule has 0 spiro atoms. The minimum atomic E-state index is -1.25. The zero-order chi connectivity index (χ0) is 15.7. The molecule has 0 radical (unpaired) electrons. The molecule has 0 amide bonds. The van der Waals surface area contributed by atoms with Gasteiger partial charge >= 0.3 is 5.97 Å². The van der Waals surface area contributed by atoms with Gasteiger partial charge in [0.05, 0.1) is 12.6 Å². The maximum Gasteiger partial charge on any atom is 0.358 e. The number of aromatic nitrogens is 1. The van der Waals surface area contributed by atoms with Crippen LogP contribution < -0.4 is 4.74 Å². The van der Waals surface area contributed by atoms with Gasteiger partial charge in [-0.05, 0) is 41.5 Å². The number of ether oxygens (including phenoxy) is 1. The van der Waals surface area contributed by atoms with Crippen LogP contribution in [0.5, 0.6) is 11.5 Å². The summed E-state index contributed by atoms with van der Waals surface area (Å²) < 4.78 is 5.13. The minimum absolute atomic E-state index is 0.341. The van der Waals surface area contributed by atoms with Crippen LogP contribution in [0.2, 0.25) is 0 Å². The summed E-state index contributed by atoms with van der Waals surface area (Å²) in [5, 5.41) is 19.4. The van der Waals surface area contributed by atoms with Crippen molar-refractivity contribution in [2.45, 2.75) is 0 Å². The predicted octanol–water partition coefficient (Wildman–Crippen LogP) is 3.31. The molecule has 5 heteroatoms. The lowest BCUT2D eigenvalue weighted by atomic mass is 10.0. The van der Waals surface area contributed by atoms with Crippen LogP contribution in [-0.2, 0) is 0 Å². The number of carboxylic acid groups (broad SMARTS) is 1. The van der Waals surface area contributed by atoms with E-state index in [1.165, 1.54) is 6.07 Å². The van der Waals surface area contributed by atoms with E-state index in [0.29, 0.717) is 10.9 Å². The summed E-state index contributed by atoms with van der Waals surface area (Å²) in [6, 6.07) is 14.5. The largest absolute Gasteiger partial charge is 0.505 e. The fourth-order valence-electron chi connectivity index (χ4n) is 2.29. The Balaban J connectivity index is 2.09. The number of aromatic carboxylic acids is 1. The molecule has 0 unspecified atom stereocenters. The Morgan fingerprint density at radius 1 is 1.05 bits per heavy atom. The number of pyridine rings is 1. The van der Waals surface area contributed by atoms with E-state index in [2.05, 4.69) is 4.98 Å². The van der Waals surface area contributed by atoms with Gasteiger partial charge in [0, 0.05) is 5.39 Å². The maximum atomic E-state index is 11.0. The van der Waals surface area contributed by atoms with Crippen LogP contribution in [0.3, 0.4) is 0 Å². The molecule has 3 aromatic rings. The maximum absolute atomic E-state index is 11.0. The number of carbonyl (C=O) groups is 1. The SMILES string of the molecule is COc1ccc(-c2ccc3nc(C(=O)O)c(O)cc3c2)cc1. The molecule has 1 aromatic heterocycles. The van der Waals surface area contributed by atoms with Crippen molar-refractivity contribution in [3.63, 3.8) is 0 Å². The molecule has 0 saturated heterocycles. The smallest absolute Gasteiger partial charge is 0.358 e. The highest BCUT2D eigenvalue weighted by molar-refractivity contribution is 5.94. The molecule has 0 atom stereocenters. The first-order valence-corrected chi connectivity index (χ1v) is 6.60. The van der Waals surface area contributed by atoms with Crippen LogP contribution in [0, 0.1) is 0 Å². The fourth-order valence-corrected chi connectivity index (χ4v) is 2.29.